The van der Waals surface area contributed by atoms with Crippen LogP contribution in [0.2, 0.25) is 0 Å². The minimum Gasteiger partial charge on any atom is -0.497 e. The third-order valence-corrected chi connectivity index (χ3v) is 6.35. The Morgan fingerprint density at radius 3 is 2.59 bits per heavy atom. The molecule has 0 radical (unpaired) electrons. The predicted molar refractivity (Wildman–Crippen MR) is 122 cm³/mol. The highest BCUT2D eigenvalue weighted by Gasteiger charge is 2.35. The number of hydrogen-bond donors (Lipinski definition) is 3. The van der Waals surface area contributed by atoms with Crippen LogP contribution in [0.3, 0.4) is 0 Å². The lowest BCUT2D eigenvalue weighted by Gasteiger charge is -2.36. The van der Waals surface area contributed by atoms with Gasteiger partial charge in [-0.1, -0.05) is 30.3 Å². The van der Waals surface area contributed by atoms with Crippen LogP contribution in [0.15, 0.2) is 54.6 Å². The van der Waals surface area contributed by atoms with Gasteiger partial charge in [0.25, 0.3) is 0 Å². The molecule has 7 nitrogen and oxygen atoms in total. The van der Waals surface area contributed by atoms with E-state index in [2.05, 4.69) is 39.0 Å². The Balaban J connectivity index is 1.15. The lowest BCUT2D eigenvalue weighted by Crippen LogP contribution is -2.50. The Labute approximate surface area is 187 Å². The molecule has 32 heavy (non-hydrogen) atoms. The molecule has 3 aromatic rings. The molecule has 7 heteroatoms. The van der Waals surface area contributed by atoms with E-state index >= 15 is 0 Å². The average molecular weight is 433 g/mol. The van der Waals surface area contributed by atoms with E-state index in [0.29, 0.717) is 24.1 Å². The molecule has 0 unspecified atom stereocenters. The van der Waals surface area contributed by atoms with Gasteiger partial charge in [-0.05, 0) is 48.1 Å². The number of hydrogen-bond acceptors (Lipinski definition) is 5. The number of carbonyl (C=O) groups excluding carboxylic acids is 1. The van der Waals surface area contributed by atoms with Gasteiger partial charge in [-0.15, -0.1) is 0 Å². The van der Waals surface area contributed by atoms with Gasteiger partial charge in [-0.25, -0.2) is 0 Å². The smallest absolute Gasteiger partial charge is 0.229 e. The first kappa shape index (κ1) is 20.6. The highest BCUT2D eigenvalue weighted by molar-refractivity contribution is 5.91. The number of para-hydroxylation sites is 1. The number of aromatic amines is 1. The molecule has 1 amide bonds. The van der Waals surface area contributed by atoms with Crippen LogP contribution in [0.5, 0.6) is 11.5 Å². The summed E-state index contributed by atoms with van der Waals surface area (Å²) in [5, 5.41) is 13.6. The molecule has 2 heterocycles. The van der Waals surface area contributed by atoms with Gasteiger partial charge in [0.15, 0.2) is 0 Å². The first-order chi connectivity index (χ1) is 15.7. The average Bonchev–Trinajstić information content (AvgIpc) is 3.19. The topological polar surface area (TPSA) is 88.3 Å². The molecule has 0 spiro atoms. The zero-order chi connectivity index (χ0) is 21.9. The standard InChI is InChI=1S/C25H28N4O3/c1-31-19-8-6-16(7-9-19)10-25(30)27-24-13-22(28-29-24)18-11-17(12-18)21-4-2-3-5-23(21)32-20-14-26-15-20/h2-9,13,17-18,20,26H,10-12,14-15H2,1H3,(H2,27,28,29,30)/t17-,18+. The summed E-state index contributed by atoms with van der Waals surface area (Å²) in [4.78, 5) is 12.4. The summed E-state index contributed by atoms with van der Waals surface area (Å²) in [6, 6.07) is 17.8. The largest absolute Gasteiger partial charge is 0.497 e. The molecule has 1 saturated heterocycles. The summed E-state index contributed by atoms with van der Waals surface area (Å²) in [5.41, 5.74) is 3.23. The van der Waals surface area contributed by atoms with Crippen LogP contribution in [0.25, 0.3) is 0 Å². The lowest BCUT2D eigenvalue weighted by molar-refractivity contribution is -0.115. The van der Waals surface area contributed by atoms with Crippen molar-refractivity contribution < 1.29 is 14.3 Å². The molecule has 2 aromatic carbocycles. The van der Waals surface area contributed by atoms with Crippen LogP contribution < -0.4 is 20.1 Å². The van der Waals surface area contributed by atoms with Crippen molar-refractivity contribution in [1.29, 1.82) is 0 Å². The van der Waals surface area contributed by atoms with Gasteiger partial charge in [-0.2, -0.15) is 5.10 Å². The Bertz CT molecular complexity index is 1070. The maximum atomic E-state index is 12.4. The molecule has 0 bridgehead atoms. The van der Waals surface area contributed by atoms with E-state index in [1.165, 1.54) is 5.56 Å². The van der Waals surface area contributed by atoms with Gasteiger partial charge in [0, 0.05) is 25.1 Å². The summed E-state index contributed by atoms with van der Waals surface area (Å²) in [6.45, 7) is 1.84. The van der Waals surface area contributed by atoms with Crippen molar-refractivity contribution in [3.05, 3.63) is 71.4 Å². The van der Waals surface area contributed by atoms with Crippen molar-refractivity contribution in [2.75, 3.05) is 25.5 Å². The fraction of sp³-hybridized carbons (Fsp3) is 0.360. The van der Waals surface area contributed by atoms with Crippen molar-refractivity contribution >= 4 is 11.7 Å². The fourth-order valence-corrected chi connectivity index (χ4v) is 4.30. The van der Waals surface area contributed by atoms with E-state index < -0.39 is 0 Å². The maximum Gasteiger partial charge on any atom is 0.229 e. The molecule has 1 aliphatic carbocycles. The predicted octanol–water partition coefficient (Wildman–Crippen LogP) is 3.61. The van der Waals surface area contributed by atoms with Crippen LogP contribution in [-0.2, 0) is 11.2 Å². The van der Waals surface area contributed by atoms with E-state index in [4.69, 9.17) is 9.47 Å². The number of nitrogens with one attached hydrogen (secondary N) is 3. The van der Waals surface area contributed by atoms with E-state index in [9.17, 15) is 4.79 Å². The number of benzene rings is 2. The number of H-pyrrole nitrogens is 1. The van der Waals surface area contributed by atoms with Crippen molar-refractivity contribution in [3.63, 3.8) is 0 Å². The van der Waals surface area contributed by atoms with Gasteiger partial charge < -0.3 is 20.1 Å². The number of rotatable bonds is 8. The molecule has 2 fully saturated rings. The highest BCUT2D eigenvalue weighted by atomic mass is 16.5. The van der Waals surface area contributed by atoms with Crippen molar-refractivity contribution in [3.8, 4) is 11.5 Å². The second-order valence-electron chi connectivity index (χ2n) is 8.58. The molecule has 1 aromatic heterocycles. The fourth-order valence-electron chi connectivity index (χ4n) is 4.30. The molecule has 3 N–H and O–H groups in total. The molecule has 1 saturated carbocycles. The Morgan fingerprint density at radius 1 is 1.09 bits per heavy atom. The summed E-state index contributed by atoms with van der Waals surface area (Å²) in [6.07, 6.45) is 2.65. The van der Waals surface area contributed by atoms with E-state index in [0.717, 1.165) is 48.7 Å². The molecule has 166 valence electrons. The molecule has 1 aliphatic heterocycles. The third kappa shape index (κ3) is 4.48. The molecule has 0 atom stereocenters. The van der Waals surface area contributed by atoms with Gasteiger partial charge >= 0.3 is 0 Å². The number of amides is 1. The number of anilines is 1. The quantitative estimate of drug-likeness (QED) is 0.506. The number of carbonyl (C=O) groups is 1. The van der Waals surface area contributed by atoms with Gasteiger partial charge in [0.05, 0.1) is 19.2 Å². The second-order valence-corrected chi connectivity index (χ2v) is 8.58. The first-order valence-corrected chi connectivity index (χ1v) is 11.1. The van der Waals surface area contributed by atoms with Crippen molar-refractivity contribution in [2.24, 2.45) is 0 Å². The SMILES string of the molecule is COc1ccc(CC(=O)Nc2cc([C@H]3C[C@@H](c4ccccc4OC4CNC4)C3)n[nH]2)cc1. The third-order valence-electron chi connectivity index (χ3n) is 6.35. The zero-order valence-electron chi connectivity index (χ0n) is 18.1. The lowest BCUT2D eigenvalue weighted by atomic mass is 9.70. The minimum atomic E-state index is -0.0755. The van der Waals surface area contributed by atoms with Crippen LogP contribution in [0.4, 0.5) is 5.82 Å². The Hall–Kier alpha value is -3.32. The Kier molecular flexibility index (Phi) is 5.81. The van der Waals surface area contributed by atoms with Crippen LogP contribution >= 0.6 is 0 Å². The number of methoxy groups -OCH3 is 1. The molecule has 2 aliphatic rings. The van der Waals surface area contributed by atoms with Crippen LogP contribution in [-0.4, -0.2) is 42.4 Å². The minimum absolute atomic E-state index is 0.0755. The maximum absolute atomic E-state index is 12.4. The molecular formula is C25H28N4O3. The number of ether oxygens (including phenoxy) is 2. The number of aromatic nitrogens is 2. The summed E-state index contributed by atoms with van der Waals surface area (Å²) >= 11 is 0. The molecule has 5 rings (SSSR count). The monoisotopic (exact) mass is 432 g/mol. The number of nitrogens with zero attached hydrogens (tertiary/aromatic N) is 1. The van der Waals surface area contributed by atoms with Gasteiger partial charge in [-0.3, -0.25) is 9.89 Å². The summed E-state index contributed by atoms with van der Waals surface area (Å²) in [7, 11) is 1.63. The normalized spacial score (nSPS) is 20.2. The van der Waals surface area contributed by atoms with Crippen LogP contribution in [0.1, 0.15) is 41.5 Å². The van der Waals surface area contributed by atoms with E-state index in [-0.39, 0.29) is 12.0 Å². The first-order valence-electron chi connectivity index (χ1n) is 11.1. The van der Waals surface area contributed by atoms with Gasteiger partial charge in [0.1, 0.15) is 23.4 Å². The van der Waals surface area contributed by atoms with Crippen LogP contribution in [0, 0.1) is 0 Å². The van der Waals surface area contributed by atoms with E-state index in [1.807, 2.05) is 36.4 Å². The van der Waals surface area contributed by atoms with Crippen molar-refractivity contribution in [2.45, 2.75) is 37.2 Å². The second kappa shape index (κ2) is 9.04. The summed E-state index contributed by atoms with van der Waals surface area (Å²) < 4.78 is 11.3. The molecular weight excluding hydrogens is 404 g/mol. The highest BCUT2D eigenvalue weighted by Crippen LogP contribution is 2.49. The zero-order valence-corrected chi connectivity index (χ0v) is 18.1. The van der Waals surface area contributed by atoms with Crippen molar-refractivity contribution in [1.82, 2.24) is 15.5 Å². The summed E-state index contributed by atoms with van der Waals surface area (Å²) in [5.74, 6) is 3.23. The Morgan fingerprint density at radius 2 is 1.88 bits per heavy atom. The van der Waals surface area contributed by atoms with Gasteiger partial charge in [0.2, 0.25) is 5.91 Å². The van der Waals surface area contributed by atoms with E-state index in [1.54, 1.807) is 7.11 Å².